The van der Waals surface area contributed by atoms with Crippen LogP contribution >= 0.6 is 0 Å². The van der Waals surface area contributed by atoms with Gasteiger partial charge in [0, 0.05) is 6.54 Å². The summed E-state index contributed by atoms with van der Waals surface area (Å²) in [5.41, 5.74) is 0. The van der Waals surface area contributed by atoms with E-state index in [9.17, 15) is 4.79 Å². The van der Waals surface area contributed by atoms with Crippen LogP contribution in [0.3, 0.4) is 0 Å². The van der Waals surface area contributed by atoms with Gasteiger partial charge >= 0.3 is 5.97 Å². The first-order valence-corrected chi connectivity index (χ1v) is 3.89. The van der Waals surface area contributed by atoms with Gasteiger partial charge in [-0.3, -0.25) is 4.79 Å². The molecule has 0 aliphatic carbocycles. The first-order valence-electron chi connectivity index (χ1n) is 3.89. The molecule has 0 aromatic heterocycles. The number of hydrogen-bond donors (Lipinski definition) is 1. The molecule has 0 spiro atoms. The van der Waals surface area contributed by atoms with Crippen molar-refractivity contribution in [2.75, 3.05) is 13.2 Å². The fraction of sp³-hybridized carbons (Fsp3) is 0.625. The molecule has 1 aliphatic heterocycles. The van der Waals surface area contributed by atoms with Crippen LogP contribution in [0, 0.1) is 5.92 Å². The normalized spacial score (nSPS) is 22.5. The second-order valence-corrected chi connectivity index (χ2v) is 2.50. The van der Waals surface area contributed by atoms with Crippen molar-refractivity contribution in [2.24, 2.45) is 5.92 Å². The second-order valence-electron chi connectivity index (χ2n) is 2.50. The van der Waals surface area contributed by atoms with Crippen molar-refractivity contribution in [3.63, 3.8) is 0 Å². The molecule has 1 aliphatic rings. The maximum Gasteiger partial charge on any atom is 0.311 e. The van der Waals surface area contributed by atoms with Crippen molar-refractivity contribution in [3.05, 3.63) is 12.3 Å². The number of carbonyl (C=O) groups excluding carboxylic acids is 1. The third-order valence-electron chi connectivity index (χ3n) is 1.64. The first kappa shape index (κ1) is 8.11. The highest BCUT2D eigenvalue weighted by Crippen LogP contribution is 2.08. The molecule has 11 heavy (non-hydrogen) atoms. The largest absolute Gasteiger partial charge is 0.466 e. The Hall–Kier alpha value is -0.990. The highest BCUT2D eigenvalue weighted by molar-refractivity contribution is 5.73. The van der Waals surface area contributed by atoms with Crippen LogP contribution in [0.15, 0.2) is 12.3 Å². The summed E-state index contributed by atoms with van der Waals surface area (Å²) in [4.78, 5) is 11.1. The number of allylic oxidation sites excluding steroid dienone is 1. The Balaban J connectivity index is 2.34. The van der Waals surface area contributed by atoms with Gasteiger partial charge in [-0.25, -0.2) is 0 Å². The predicted molar refractivity (Wildman–Crippen MR) is 41.9 cm³/mol. The van der Waals surface area contributed by atoms with Gasteiger partial charge in [0.2, 0.25) is 0 Å². The Kier molecular flexibility index (Phi) is 2.95. The van der Waals surface area contributed by atoms with E-state index < -0.39 is 0 Å². The number of nitrogens with one attached hydrogen (secondary N) is 1. The van der Waals surface area contributed by atoms with Gasteiger partial charge in [0.25, 0.3) is 0 Å². The van der Waals surface area contributed by atoms with Gasteiger partial charge in [0.1, 0.15) is 0 Å². The lowest BCUT2D eigenvalue weighted by molar-refractivity contribution is -0.147. The lowest BCUT2D eigenvalue weighted by atomic mass is 10.0. The summed E-state index contributed by atoms with van der Waals surface area (Å²) < 4.78 is 4.87. The third kappa shape index (κ3) is 2.26. The zero-order valence-electron chi connectivity index (χ0n) is 6.67. The molecule has 0 saturated heterocycles. The van der Waals surface area contributed by atoms with Crippen molar-refractivity contribution < 1.29 is 9.53 Å². The first-order chi connectivity index (χ1) is 5.34. The molecular weight excluding hydrogens is 142 g/mol. The van der Waals surface area contributed by atoms with E-state index in [1.165, 1.54) is 0 Å². The van der Waals surface area contributed by atoms with Gasteiger partial charge in [-0.05, 0) is 19.5 Å². The smallest absolute Gasteiger partial charge is 0.311 e. The molecule has 1 heterocycles. The molecule has 0 radical (unpaired) electrons. The summed E-state index contributed by atoms with van der Waals surface area (Å²) in [5.74, 6) is -0.0794. The summed E-state index contributed by atoms with van der Waals surface area (Å²) in [6.07, 6.45) is 4.62. The number of esters is 1. The lowest BCUT2D eigenvalue weighted by Gasteiger charge is -2.16. The highest BCUT2D eigenvalue weighted by Gasteiger charge is 2.19. The van der Waals surface area contributed by atoms with Crippen LogP contribution in [0.1, 0.15) is 13.3 Å². The molecule has 0 aromatic carbocycles. The zero-order valence-corrected chi connectivity index (χ0v) is 6.67. The van der Waals surface area contributed by atoms with E-state index >= 15 is 0 Å². The Morgan fingerprint density at radius 1 is 1.82 bits per heavy atom. The van der Waals surface area contributed by atoms with E-state index in [4.69, 9.17) is 4.74 Å². The maximum atomic E-state index is 11.1. The Morgan fingerprint density at radius 3 is 3.18 bits per heavy atom. The van der Waals surface area contributed by atoms with Crippen LogP contribution in [0.2, 0.25) is 0 Å². The van der Waals surface area contributed by atoms with Gasteiger partial charge < -0.3 is 10.1 Å². The monoisotopic (exact) mass is 155 g/mol. The van der Waals surface area contributed by atoms with E-state index in [2.05, 4.69) is 5.32 Å². The number of ether oxygens (including phenoxy) is 1. The molecule has 3 nitrogen and oxygen atoms in total. The SMILES string of the molecule is CCOC(=O)C1CC=CNC1. The fourth-order valence-corrected chi connectivity index (χ4v) is 1.05. The molecule has 1 unspecified atom stereocenters. The Morgan fingerprint density at radius 2 is 2.64 bits per heavy atom. The van der Waals surface area contributed by atoms with E-state index in [0.717, 1.165) is 6.42 Å². The number of hydrogen-bond acceptors (Lipinski definition) is 3. The van der Waals surface area contributed by atoms with E-state index in [-0.39, 0.29) is 11.9 Å². The molecule has 0 bridgehead atoms. The topological polar surface area (TPSA) is 38.3 Å². The van der Waals surface area contributed by atoms with Crippen LogP contribution in [0.4, 0.5) is 0 Å². The van der Waals surface area contributed by atoms with Gasteiger partial charge in [-0.15, -0.1) is 0 Å². The summed E-state index contributed by atoms with van der Waals surface area (Å²) in [7, 11) is 0. The van der Waals surface area contributed by atoms with Crippen LogP contribution in [-0.2, 0) is 9.53 Å². The predicted octanol–water partition coefficient (Wildman–Crippen LogP) is 0.673. The molecule has 1 N–H and O–H groups in total. The third-order valence-corrected chi connectivity index (χ3v) is 1.64. The Bertz CT molecular complexity index is 165. The second kappa shape index (κ2) is 4.01. The molecule has 0 aromatic rings. The summed E-state index contributed by atoms with van der Waals surface area (Å²) in [6, 6.07) is 0. The number of carbonyl (C=O) groups is 1. The molecule has 0 amide bonds. The minimum absolute atomic E-state index is 0.0138. The average Bonchev–Trinajstić information content (AvgIpc) is 2.07. The van der Waals surface area contributed by atoms with Crippen molar-refractivity contribution in [1.82, 2.24) is 5.32 Å². The molecule has 62 valence electrons. The van der Waals surface area contributed by atoms with Gasteiger partial charge in [0.05, 0.1) is 12.5 Å². The van der Waals surface area contributed by atoms with Crippen LogP contribution in [0.25, 0.3) is 0 Å². The lowest BCUT2D eigenvalue weighted by Crippen LogP contribution is -2.29. The van der Waals surface area contributed by atoms with Crippen LogP contribution < -0.4 is 5.32 Å². The summed E-state index contributed by atoms with van der Waals surface area (Å²) in [6.45, 7) is 3.00. The van der Waals surface area contributed by atoms with E-state index in [1.807, 2.05) is 19.2 Å². The van der Waals surface area contributed by atoms with Gasteiger partial charge in [-0.2, -0.15) is 0 Å². The fourth-order valence-electron chi connectivity index (χ4n) is 1.05. The molecule has 3 heteroatoms. The quantitative estimate of drug-likeness (QED) is 0.596. The highest BCUT2D eigenvalue weighted by atomic mass is 16.5. The van der Waals surface area contributed by atoms with Crippen LogP contribution in [-0.4, -0.2) is 19.1 Å². The zero-order chi connectivity index (χ0) is 8.10. The molecule has 1 rings (SSSR count). The maximum absolute atomic E-state index is 11.1. The summed E-state index contributed by atoms with van der Waals surface area (Å²) >= 11 is 0. The van der Waals surface area contributed by atoms with E-state index in [0.29, 0.717) is 13.2 Å². The molecule has 0 fully saturated rings. The summed E-state index contributed by atoms with van der Waals surface area (Å²) in [5, 5.41) is 2.99. The minimum Gasteiger partial charge on any atom is -0.466 e. The van der Waals surface area contributed by atoms with E-state index in [1.54, 1.807) is 0 Å². The molecular formula is C8H13NO2. The van der Waals surface area contributed by atoms with Crippen molar-refractivity contribution in [1.29, 1.82) is 0 Å². The van der Waals surface area contributed by atoms with Crippen molar-refractivity contribution >= 4 is 5.97 Å². The van der Waals surface area contributed by atoms with Crippen LogP contribution in [0.5, 0.6) is 0 Å². The Labute approximate surface area is 66.4 Å². The van der Waals surface area contributed by atoms with Gasteiger partial charge in [-0.1, -0.05) is 6.08 Å². The van der Waals surface area contributed by atoms with Gasteiger partial charge in [0.15, 0.2) is 0 Å². The van der Waals surface area contributed by atoms with Crippen molar-refractivity contribution in [2.45, 2.75) is 13.3 Å². The molecule has 0 saturated carbocycles. The average molecular weight is 155 g/mol. The van der Waals surface area contributed by atoms with Crippen molar-refractivity contribution in [3.8, 4) is 0 Å². The number of rotatable bonds is 2. The minimum atomic E-state index is -0.0932. The molecule has 1 atom stereocenters. The standard InChI is InChI=1S/C8H13NO2/c1-2-11-8(10)7-4-3-5-9-6-7/h3,5,7,9H,2,4,6H2,1H3.